The highest BCUT2D eigenvalue weighted by Crippen LogP contribution is 2.24. The fraction of sp³-hybridized carbons (Fsp3) is 0.925. The zero-order chi connectivity index (χ0) is 65.8. The molecule has 0 radical (unpaired) electrons. The lowest BCUT2D eigenvalue weighted by molar-refractivity contribution is -0.302. The summed E-state index contributed by atoms with van der Waals surface area (Å²) >= 11 is 0. The Kier molecular flexibility index (Phi) is 66.6. The van der Waals surface area contributed by atoms with Crippen LogP contribution < -0.4 is 5.32 Å². The quantitative estimate of drug-likeness (QED) is 0.0195. The molecule has 7 atom stereocenters. The van der Waals surface area contributed by atoms with Crippen molar-refractivity contribution in [2.45, 2.75) is 455 Å². The Labute approximate surface area is 562 Å². The van der Waals surface area contributed by atoms with Gasteiger partial charge in [-0.3, -0.25) is 9.59 Å². The summed E-state index contributed by atoms with van der Waals surface area (Å²) in [5, 5.41) is 54.5. The van der Waals surface area contributed by atoms with Gasteiger partial charge in [-0.05, 0) is 57.8 Å². The third kappa shape index (κ3) is 58.1. The van der Waals surface area contributed by atoms with Gasteiger partial charge in [-0.15, -0.1) is 0 Å². The lowest BCUT2D eigenvalue weighted by Crippen LogP contribution is -2.60. The van der Waals surface area contributed by atoms with E-state index >= 15 is 0 Å². The fourth-order valence-corrected chi connectivity index (χ4v) is 13.0. The second-order valence-electron chi connectivity index (χ2n) is 28.1. The summed E-state index contributed by atoms with van der Waals surface area (Å²) in [6.07, 6.45) is 79.4. The molecule has 0 aromatic carbocycles. The highest BCUT2D eigenvalue weighted by atomic mass is 16.7. The molecule has 0 bridgehead atoms. The molecule has 538 valence electrons. The number of allylic oxidation sites excluding steroid dienone is 3. The Balaban J connectivity index is 1.87. The van der Waals surface area contributed by atoms with Crippen LogP contribution in [0.2, 0.25) is 0 Å². The maximum Gasteiger partial charge on any atom is 0.305 e. The van der Waals surface area contributed by atoms with Crippen molar-refractivity contribution in [3.05, 3.63) is 24.3 Å². The highest BCUT2D eigenvalue weighted by Gasteiger charge is 2.44. The molecule has 1 amide bonds. The van der Waals surface area contributed by atoms with Crippen molar-refractivity contribution in [3.63, 3.8) is 0 Å². The maximum atomic E-state index is 13.1. The first-order valence-corrected chi connectivity index (χ1v) is 40.1. The molecule has 0 aliphatic carbocycles. The van der Waals surface area contributed by atoms with Gasteiger partial charge in [-0.25, -0.2) is 0 Å². The molecule has 1 aliphatic rings. The molecule has 1 saturated heterocycles. The standard InChI is InChI=1S/C80H153NO10/c1-3-5-7-9-11-13-15-46-50-54-58-62-66-73(83)72(71-90-80-79(88)78(87)77(86)74(70-82)91-80)81-75(84)67-63-59-55-51-47-44-42-40-38-36-34-32-30-28-26-24-22-20-18-17-19-21-23-25-27-29-31-33-35-37-39-41-43-45-49-53-57-61-65-69-89-76(85)68-64-60-56-52-48-16-14-12-10-8-6-4-2/h12,14,62,66,72-74,77-80,82-83,86-88H,3-11,13,15-61,63-65,67-71H2,1-2H3,(H,81,84)/b14-12-,66-62+. The van der Waals surface area contributed by atoms with Crippen molar-refractivity contribution >= 4 is 11.9 Å². The first-order chi connectivity index (χ1) is 44.7. The number of hydrogen-bond donors (Lipinski definition) is 6. The topological polar surface area (TPSA) is 175 Å². The van der Waals surface area contributed by atoms with Crippen LogP contribution in [0.4, 0.5) is 0 Å². The Morgan fingerprint density at radius 2 is 0.703 bits per heavy atom. The molecular formula is C80H153NO10. The van der Waals surface area contributed by atoms with Crippen LogP contribution in [-0.4, -0.2) is 100 Å². The van der Waals surface area contributed by atoms with E-state index in [4.69, 9.17) is 14.2 Å². The number of carbonyl (C=O) groups is 2. The van der Waals surface area contributed by atoms with Gasteiger partial charge in [0, 0.05) is 12.8 Å². The van der Waals surface area contributed by atoms with E-state index < -0.39 is 49.5 Å². The van der Waals surface area contributed by atoms with E-state index in [2.05, 4.69) is 31.3 Å². The smallest absolute Gasteiger partial charge is 0.305 e. The molecule has 0 aromatic heterocycles. The molecule has 0 saturated carbocycles. The van der Waals surface area contributed by atoms with E-state index in [1.54, 1.807) is 6.08 Å². The van der Waals surface area contributed by atoms with Crippen molar-refractivity contribution in [1.29, 1.82) is 0 Å². The lowest BCUT2D eigenvalue weighted by Gasteiger charge is -2.40. The van der Waals surface area contributed by atoms with Gasteiger partial charge in [0.05, 0.1) is 32.0 Å². The Bertz CT molecular complexity index is 1560. The number of unbranched alkanes of at least 4 members (excludes halogenated alkanes) is 56. The molecule has 91 heavy (non-hydrogen) atoms. The molecule has 1 heterocycles. The number of aliphatic hydroxyl groups is 5. The monoisotopic (exact) mass is 1290 g/mol. The molecule has 0 aromatic rings. The molecule has 7 unspecified atom stereocenters. The molecular weight excluding hydrogens is 1130 g/mol. The summed E-state index contributed by atoms with van der Waals surface area (Å²) in [6.45, 7) is 4.37. The summed E-state index contributed by atoms with van der Waals surface area (Å²) in [7, 11) is 0. The van der Waals surface area contributed by atoms with Crippen molar-refractivity contribution in [2.75, 3.05) is 19.8 Å². The molecule has 11 nitrogen and oxygen atoms in total. The number of amides is 1. The third-order valence-electron chi connectivity index (χ3n) is 19.3. The van der Waals surface area contributed by atoms with E-state index in [0.29, 0.717) is 19.4 Å². The normalized spacial score (nSPS) is 17.6. The molecule has 1 fully saturated rings. The van der Waals surface area contributed by atoms with Gasteiger partial charge in [-0.1, -0.05) is 366 Å². The molecule has 0 spiro atoms. The van der Waals surface area contributed by atoms with Crippen molar-refractivity contribution in [1.82, 2.24) is 5.32 Å². The minimum Gasteiger partial charge on any atom is -0.466 e. The lowest BCUT2D eigenvalue weighted by atomic mass is 9.99. The van der Waals surface area contributed by atoms with Crippen LogP contribution in [0.15, 0.2) is 24.3 Å². The van der Waals surface area contributed by atoms with Gasteiger partial charge in [0.25, 0.3) is 0 Å². The van der Waals surface area contributed by atoms with Crippen molar-refractivity contribution in [2.24, 2.45) is 0 Å². The van der Waals surface area contributed by atoms with Crippen LogP contribution in [-0.2, 0) is 23.8 Å². The van der Waals surface area contributed by atoms with Crippen LogP contribution in [0, 0.1) is 0 Å². The highest BCUT2D eigenvalue weighted by molar-refractivity contribution is 5.76. The maximum absolute atomic E-state index is 13.1. The van der Waals surface area contributed by atoms with Gasteiger partial charge >= 0.3 is 5.97 Å². The summed E-state index contributed by atoms with van der Waals surface area (Å²) in [5.41, 5.74) is 0. The Hall–Kier alpha value is -1.86. The first kappa shape index (κ1) is 87.2. The second-order valence-corrected chi connectivity index (χ2v) is 28.1. The Morgan fingerprint density at radius 1 is 0.396 bits per heavy atom. The van der Waals surface area contributed by atoms with E-state index in [9.17, 15) is 35.1 Å². The van der Waals surface area contributed by atoms with E-state index in [0.717, 1.165) is 57.8 Å². The van der Waals surface area contributed by atoms with E-state index in [1.807, 2.05) is 6.08 Å². The summed E-state index contributed by atoms with van der Waals surface area (Å²) in [5.74, 6) is -0.164. The van der Waals surface area contributed by atoms with Gasteiger partial charge in [0.2, 0.25) is 5.91 Å². The predicted molar refractivity (Wildman–Crippen MR) is 384 cm³/mol. The molecule has 1 rings (SSSR count). The summed E-state index contributed by atoms with van der Waals surface area (Å²) < 4.78 is 16.8. The number of nitrogens with one attached hydrogen (secondary N) is 1. The predicted octanol–water partition coefficient (Wildman–Crippen LogP) is 21.5. The average Bonchev–Trinajstić information content (AvgIpc) is 1.35. The number of esters is 1. The van der Waals surface area contributed by atoms with Crippen molar-refractivity contribution in [3.8, 4) is 0 Å². The van der Waals surface area contributed by atoms with Crippen LogP contribution >= 0.6 is 0 Å². The summed E-state index contributed by atoms with van der Waals surface area (Å²) in [4.78, 5) is 25.1. The largest absolute Gasteiger partial charge is 0.466 e. The van der Waals surface area contributed by atoms with Crippen LogP contribution in [0.5, 0.6) is 0 Å². The molecule has 11 heteroatoms. The minimum absolute atomic E-state index is 0.00886. The Morgan fingerprint density at radius 3 is 1.08 bits per heavy atom. The zero-order valence-electron chi connectivity index (χ0n) is 60.1. The number of rotatable bonds is 72. The summed E-state index contributed by atoms with van der Waals surface area (Å²) in [6, 6.07) is -0.804. The molecule has 1 aliphatic heterocycles. The number of aliphatic hydroxyl groups excluding tert-OH is 5. The zero-order valence-corrected chi connectivity index (χ0v) is 60.1. The van der Waals surface area contributed by atoms with Gasteiger partial charge in [-0.2, -0.15) is 0 Å². The first-order valence-electron chi connectivity index (χ1n) is 40.1. The van der Waals surface area contributed by atoms with Gasteiger partial charge < -0.3 is 45.1 Å². The number of carbonyl (C=O) groups excluding carboxylic acids is 2. The second kappa shape index (κ2) is 69.5. The van der Waals surface area contributed by atoms with E-state index in [-0.39, 0.29) is 18.5 Å². The average molecular weight is 1290 g/mol. The fourth-order valence-electron chi connectivity index (χ4n) is 13.0. The van der Waals surface area contributed by atoms with E-state index in [1.165, 1.54) is 327 Å². The van der Waals surface area contributed by atoms with Crippen molar-refractivity contribution < 1.29 is 49.3 Å². The van der Waals surface area contributed by atoms with Gasteiger partial charge in [0.1, 0.15) is 24.4 Å². The number of hydrogen-bond acceptors (Lipinski definition) is 10. The van der Waals surface area contributed by atoms with Crippen LogP contribution in [0.3, 0.4) is 0 Å². The SMILES string of the molecule is CCCCC/C=C\CCCCCCCC(=O)OCCCCCCCCCCCCCCCCCCCCCCCCCCCCCCCCCCCCCCCCCC(=O)NC(COC1OC(CO)C(O)C(O)C1O)C(O)/C=C/CCCCCCCCCCCC. The number of ether oxygens (including phenoxy) is 3. The van der Waals surface area contributed by atoms with Gasteiger partial charge in [0.15, 0.2) is 6.29 Å². The minimum atomic E-state index is -1.57. The van der Waals surface area contributed by atoms with Crippen LogP contribution in [0.1, 0.15) is 412 Å². The molecule has 6 N–H and O–H groups in total. The van der Waals surface area contributed by atoms with Crippen LogP contribution in [0.25, 0.3) is 0 Å². The third-order valence-corrected chi connectivity index (χ3v) is 19.3.